The molecule has 0 atom stereocenters. The SMILES string of the molecule is CCCCOc1ncc(C(F)(F)F)c(N(C)c2ccc(OC(C)C)cc2)n1. The molecule has 8 heteroatoms. The quantitative estimate of drug-likeness (QED) is 0.584. The highest BCUT2D eigenvalue weighted by molar-refractivity contribution is 5.63. The maximum atomic E-state index is 13.4. The molecule has 0 fully saturated rings. The summed E-state index contributed by atoms with van der Waals surface area (Å²) in [6, 6.07) is 6.70. The summed E-state index contributed by atoms with van der Waals surface area (Å²) in [5, 5.41) is 0. The predicted octanol–water partition coefficient (Wildman–Crippen LogP) is 5.23. The standard InChI is InChI=1S/C19H24F3N3O2/c1-5-6-11-26-18-23-12-16(19(20,21)22)17(24-18)25(4)14-7-9-15(10-8-14)27-13(2)3/h7-10,12-13H,5-6,11H2,1-4H3. The number of hydrogen-bond donors (Lipinski definition) is 0. The predicted molar refractivity (Wildman–Crippen MR) is 97.7 cm³/mol. The van der Waals surface area contributed by atoms with Crippen molar-refractivity contribution in [2.75, 3.05) is 18.6 Å². The van der Waals surface area contributed by atoms with Gasteiger partial charge in [-0.05, 0) is 44.5 Å². The minimum absolute atomic E-state index is 0.00936. The lowest BCUT2D eigenvalue weighted by Crippen LogP contribution is -2.19. The van der Waals surface area contributed by atoms with Gasteiger partial charge in [-0.25, -0.2) is 4.98 Å². The van der Waals surface area contributed by atoms with Crippen LogP contribution in [0.1, 0.15) is 39.2 Å². The van der Waals surface area contributed by atoms with Gasteiger partial charge in [-0.2, -0.15) is 18.2 Å². The third kappa shape index (κ3) is 5.74. The summed E-state index contributed by atoms with van der Waals surface area (Å²) in [7, 11) is 1.52. The third-order valence-corrected chi connectivity index (χ3v) is 3.69. The molecule has 0 bridgehead atoms. The fourth-order valence-electron chi connectivity index (χ4n) is 2.33. The van der Waals surface area contributed by atoms with E-state index < -0.39 is 11.7 Å². The minimum atomic E-state index is -4.58. The van der Waals surface area contributed by atoms with E-state index in [2.05, 4.69) is 9.97 Å². The molecule has 1 aromatic heterocycles. The summed E-state index contributed by atoms with van der Waals surface area (Å²) in [4.78, 5) is 9.06. The number of halogens is 3. The van der Waals surface area contributed by atoms with Gasteiger partial charge in [-0.1, -0.05) is 13.3 Å². The Hall–Kier alpha value is -2.51. The van der Waals surface area contributed by atoms with Gasteiger partial charge in [-0.3, -0.25) is 0 Å². The highest BCUT2D eigenvalue weighted by Gasteiger charge is 2.36. The summed E-state index contributed by atoms with van der Waals surface area (Å²) in [6.45, 7) is 6.14. The number of ether oxygens (including phenoxy) is 2. The van der Waals surface area contributed by atoms with Crippen LogP contribution in [0.2, 0.25) is 0 Å². The van der Waals surface area contributed by atoms with Crippen LogP contribution < -0.4 is 14.4 Å². The Morgan fingerprint density at radius 1 is 1.15 bits per heavy atom. The van der Waals surface area contributed by atoms with E-state index in [1.807, 2.05) is 20.8 Å². The Balaban J connectivity index is 2.33. The van der Waals surface area contributed by atoms with Crippen molar-refractivity contribution in [2.45, 2.75) is 45.9 Å². The van der Waals surface area contributed by atoms with Crippen molar-refractivity contribution in [3.63, 3.8) is 0 Å². The fourth-order valence-corrected chi connectivity index (χ4v) is 2.33. The van der Waals surface area contributed by atoms with Crippen LogP contribution in [0.15, 0.2) is 30.5 Å². The zero-order valence-corrected chi connectivity index (χ0v) is 15.9. The molecule has 2 rings (SSSR count). The maximum absolute atomic E-state index is 13.4. The van der Waals surface area contributed by atoms with Gasteiger partial charge < -0.3 is 14.4 Å². The maximum Gasteiger partial charge on any atom is 0.421 e. The van der Waals surface area contributed by atoms with Gasteiger partial charge in [-0.15, -0.1) is 0 Å². The van der Waals surface area contributed by atoms with E-state index in [0.29, 0.717) is 18.0 Å². The number of hydrogen-bond acceptors (Lipinski definition) is 5. The van der Waals surface area contributed by atoms with Crippen molar-refractivity contribution in [1.82, 2.24) is 9.97 Å². The van der Waals surface area contributed by atoms with Gasteiger partial charge in [0.05, 0.1) is 12.7 Å². The Bertz CT molecular complexity index is 734. The number of aromatic nitrogens is 2. The van der Waals surface area contributed by atoms with E-state index in [0.717, 1.165) is 19.0 Å². The molecule has 0 saturated heterocycles. The summed E-state index contributed by atoms with van der Waals surface area (Å²) < 4.78 is 51.1. The minimum Gasteiger partial charge on any atom is -0.491 e. The second kappa shape index (κ2) is 8.92. The number of anilines is 2. The molecule has 0 aliphatic carbocycles. The number of rotatable bonds is 8. The first-order chi connectivity index (χ1) is 12.7. The molecule has 0 amide bonds. The Labute approximate surface area is 157 Å². The van der Waals surface area contributed by atoms with Crippen molar-refractivity contribution in [2.24, 2.45) is 0 Å². The van der Waals surface area contributed by atoms with Crippen LogP contribution in [0.3, 0.4) is 0 Å². The van der Waals surface area contributed by atoms with E-state index in [1.54, 1.807) is 24.3 Å². The van der Waals surface area contributed by atoms with E-state index in [9.17, 15) is 13.2 Å². The van der Waals surface area contributed by atoms with Gasteiger partial charge in [0.1, 0.15) is 11.3 Å². The number of benzene rings is 1. The van der Waals surface area contributed by atoms with E-state index >= 15 is 0 Å². The first kappa shape index (κ1) is 20.8. The highest BCUT2D eigenvalue weighted by atomic mass is 19.4. The fraction of sp³-hybridized carbons (Fsp3) is 0.474. The first-order valence-corrected chi connectivity index (χ1v) is 8.79. The normalized spacial score (nSPS) is 11.6. The van der Waals surface area contributed by atoms with Crippen molar-refractivity contribution in [3.05, 3.63) is 36.0 Å². The van der Waals surface area contributed by atoms with E-state index in [4.69, 9.17) is 9.47 Å². The van der Waals surface area contributed by atoms with Crippen LogP contribution in [-0.2, 0) is 6.18 Å². The lowest BCUT2D eigenvalue weighted by Gasteiger charge is -2.23. The molecule has 0 N–H and O–H groups in total. The van der Waals surface area contributed by atoms with E-state index in [1.165, 1.54) is 11.9 Å². The topological polar surface area (TPSA) is 47.5 Å². The molecule has 1 heterocycles. The molecule has 27 heavy (non-hydrogen) atoms. The lowest BCUT2D eigenvalue weighted by atomic mass is 10.2. The van der Waals surface area contributed by atoms with Gasteiger partial charge >= 0.3 is 12.2 Å². The molecule has 0 aliphatic heterocycles. The van der Waals surface area contributed by atoms with Gasteiger partial charge in [0.15, 0.2) is 5.82 Å². The van der Waals surface area contributed by atoms with Crippen molar-refractivity contribution >= 4 is 11.5 Å². The Morgan fingerprint density at radius 2 is 1.81 bits per heavy atom. The Morgan fingerprint density at radius 3 is 2.37 bits per heavy atom. The second-order valence-electron chi connectivity index (χ2n) is 6.31. The lowest BCUT2D eigenvalue weighted by molar-refractivity contribution is -0.137. The molecule has 0 spiro atoms. The molecule has 0 aliphatic rings. The molecular weight excluding hydrogens is 359 g/mol. The second-order valence-corrected chi connectivity index (χ2v) is 6.31. The zero-order chi connectivity index (χ0) is 20.0. The van der Waals surface area contributed by atoms with Crippen LogP contribution in [-0.4, -0.2) is 29.7 Å². The first-order valence-electron chi connectivity index (χ1n) is 8.79. The van der Waals surface area contributed by atoms with Gasteiger partial charge in [0, 0.05) is 18.9 Å². The van der Waals surface area contributed by atoms with Crippen LogP contribution >= 0.6 is 0 Å². The zero-order valence-electron chi connectivity index (χ0n) is 15.9. The number of alkyl halides is 3. The van der Waals surface area contributed by atoms with Crippen molar-refractivity contribution in [3.8, 4) is 11.8 Å². The number of unbranched alkanes of at least 4 members (excludes halogenated alkanes) is 1. The molecule has 0 unspecified atom stereocenters. The largest absolute Gasteiger partial charge is 0.491 e. The average molecular weight is 383 g/mol. The van der Waals surface area contributed by atoms with Crippen LogP contribution in [0.4, 0.5) is 24.7 Å². The number of nitrogens with zero attached hydrogens (tertiary/aromatic N) is 3. The summed E-state index contributed by atoms with van der Waals surface area (Å²) in [5.41, 5.74) is -0.384. The molecule has 1 aromatic carbocycles. The molecular formula is C19H24F3N3O2. The molecule has 2 aromatic rings. The molecule has 148 valence electrons. The summed E-state index contributed by atoms with van der Waals surface area (Å²) >= 11 is 0. The van der Waals surface area contributed by atoms with Gasteiger partial charge in [0.25, 0.3) is 0 Å². The third-order valence-electron chi connectivity index (χ3n) is 3.69. The van der Waals surface area contributed by atoms with Crippen molar-refractivity contribution in [1.29, 1.82) is 0 Å². The highest BCUT2D eigenvalue weighted by Crippen LogP contribution is 2.38. The molecule has 0 saturated carbocycles. The molecule has 0 radical (unpaired) electrons. The summed E-state index contributed by atoms with van der Waals surface area (Å²) in [5.74, 6) is 0.381. The summed E-state index contributed by atoms with van der Waals surface area (Å²) in [6.07, 6.45) is -2.14. The van der Waals surface area contributed by atoms with Crippen LogP contribution in [0, 0.1) is 0 Å². The average Bonchev–Trinajstić information content (AvgIpc) is 2.60. The molecule has 5 nitrogen and oxygen atoms in total. The van der Waals surface area contributed by atoms with Crippen LogP contribution in [0.25, 0.3) is 0 Å². The Kier molecular flexibility index (Phi) is 6.87. The van der Waals surface area contributed by atoms with Crippen molar-refractivity contribution < 1.29 is 22.6 Å². The van der Waals surface area contributed by atoms with Gasteiger partial charge in [0.2, 0.25) is 0 Å². The monoisotopic (exact) mass is 383 g/mol. The smallest absolute Gasteiger partial charge is 0.421 e. The van der Waals surface area contributed by atoms with Crippen LogP contribution in [0.5, 0.6) is 11.8 Å². The van der Waals surface area contributed by atoms with E-state index in [-0.39, 0.29) is 17.9 Å².